The Kier molecular flexibility index (Phi) is 8.96. The van der Waals surface area contributed by atoms with Gasteiger partial charge < -0.3 is 4.57 Å². The van der Waals surface area contributed by atoms with E-state index in [9.17, 15) is 0 Å². The fourth-order valence-electron chi connectivity index (χ4n) is 8.56. The Balaban J connectivity index is 0.00000441. The van der Waals surface area contributed by atoms with E-state index in [1.165, 1.54) is 44.3 Å². The van der Waals surface area contributed by atoms with E-state index in [-0.39, 0.29) is 36.7 Å². The summed E-state index contributed by atoms with van der Waals surface area (Å²) in [4.78, 5) is 5.31. The zero-order valence-electron chi connectivity index (χ0n) is 33.7. The Hall–Kier alpha value is -5.08. The molecule has 0 unspecified atom stereocenters. The average Bonchev–Trinajstić information content (AvgIpc) is 3.88. The zero-order valence-corrected chi connectivity index (χ0v) is 35.3. The van der Waals surface area contributed by atoms with Crippen molar-refractivity contribution < 1.29 is 20.4 Å². The Bertz CT molecular complexity index is 2700. The smallest absolute Gasteiger partial charge is 0.358 e. The van der Waals surface area contributed by atoms with Crippen molar-refractivity contribution in [1.29, 1.82) is 0 Å². The molecule has 4 nitrogen and oxygen atoms in total. The first-order valence-electron chi connectivity index (χ1n) is 19.4. The molecule has 3 aromatic heterocycles. The van der Waals surface area contributed by atoms with Crippen molar-refractivity contribution in [3.63, 3.8) is 0 Å². The summed E-state index contributed by atoms with van der Waals surface area (Å²) in [5.74, 6) is 0. The van der Waals surface area contributed by atoms with Crippen LogP contribution in [0.3, 0.4) is 0 Å². The van der Waals surface area contributed by atoms with Gasteiger partial charge in [-0.25, -0.2) is 0 Å². The first kappa shape index (κ1) is 37.8. The van der Waals surface area contributed by atoms with E-state index in [2.05, 4.69) is 187 Å². The molecule has 282 valence electrons. The molecule has 0 bridgehead atoms. The van der Waals surface area contributed by atoms with Crippen LogP contribution in [0.2, 0.25) is 0 Å². The summed E-state index contributed by atoms with van der Waals surface area (Å²) in [6, 6.07) is 48.1. The molecule has 8 aromatic rings. The van der Waals surface area contributed by atoms with E-state index in [0.29, 0.717) is 0 Å². The van der Waals surface area contributed by atoms with Gasteiger partial charge in [0.1, 0.15) is 0 Å². The van der Waals surface area contributed by atoms with Crippen LogP contribution in [0.25, 0.3) is 44.3 Å². The standard InChI is InChI=1S/C51H48N4.Pd/c1-48(2,3)33-18-22-43-41(29-33)42-30-34(49(4,5)6)19-23-44(42)51(43,47-31-35(24-26-52-47)50(7,8)9)36-14-12-15-38(28-36)55-45-17-11-10-16-39(45)40-21-20-37(32-46(40)55)54-27-13-25-53-54;/h10-27,29-31H,1-9H3;/q-2;+2. The second-order valence-electron chi connectivity index (χ2n) is 18.3. The first-order chi connectivity index (χ1) is 26.2. The monoisotopic (exact) mass is 822 g/mol. The Morgan fingerprint density at radius 1 is 0.554 bits per heavy atom. The maximum Gasteiger partial charge on any atom is 2.00 e. The fraction of sp³-hybridized carbons (Fsp3) is 0.255. The van der Waals surface area contributed by atoms with E-state index in [1.54, 1.807) is 6.20 Å². The van der Waals surface area contributed by atoms with Crippen molar-refractivity contribution in [2.24, 2.45) is 0 Å². The van der Waals surface area contributed by atoms with Gasteiger partial charge in [0, 0.05) is 24.1 Å². The van der Waals surface area contributed by atoms with Gasteiger partial charge in [-0.15, -0.1) is 29.1 Å². The molecule has 1 aliphatic carbocycles. The van der Waals surface area contributed by atoms with Crippen molar-refractivity contribution in [1.82, 2.24) is 19.3 Å². The molecular weight excluding hydrogens is 775 g/mol. The van der Waals surface area contributed by atoms with Crippen LogP contribution in [0.15, 0.2) is 128 Å². The quantitative estimate of drug-likeness (QED) is 0.131. The Labute approximate surface area is 345 Å². The number of pyridine rings is 1. The number of hydrogen-bond donors (Lipinski definition) is 0. The largest absolute Gasteiger partial charge is 2.00 e. The summed E-state index contributed by atoms with van der Waals surface area (Å²) < 4.78 is 4.19. The van der Waals surface area contributed by atoms with Gasteiger partial charge in [0.2, 0.25) is 0 Å². The van der Waals surface area contributed by atoms with Gasteiger partial charge in [-0.05, 0) is 90.5 Å². The Morgan fingerprint density at radius 3 is 1.82 bits per heavy atom. The minimum atomic E-state index is -0.725. The molecule has 5 aromatic carbocycles. The number of aromatic nitrogens is 4. The van der Waals surface area contributed by atoms with Crippen LogP contribution in [0.1, 0.15) is 101 Å². The van der Waals surface area contributed by atoms with Crippen LogP contribution >= 0.6 is 0 Å². The predicted octanol–water partition coefficient (Wildman–Crippen LogP) is 12.2. The van der Waals surface area contributed by atoms with Crippen molar-refractivity contribution >= 4 is 21.8 Å². The molecule has 5 heteroatoms. The van der Waals surface area contributed by atoms with Crippen LogP contribution in [0.5, 0.6) is 0 Å². The zero-order chi connectivity index (χ0) is 38.5. The maximum atomic E-state index is 5.31. The van der Waals surface area contributed by atoms with E-state index < -0.39 is 5.41 Å². The second-order valence-corrected chi connectivity index (χ2v) is 18.3. The van der Waals surface area contributed by atoms with Crippen LogP contribution in [-0.4, -0.2) is 19.3 Å². The summed E-state index contributed by atoms with van der Waals surface area (Å²) in [5, 5.41) is 6.84. The topological polar surface area (TPSA) is 35.6 Å². The van der Waals surface area contributed by atoms with Crippen molar-refractivity contribution in [3.05, 3.63) is 179 Å². The number of rotatable bonds is 4. The predicted molar refractivity (Wildman–Crippen MR) is 227 cm³/mol. The molecule has 0 atom stereocenters. The summed E-state index contributed by atoms with van der Waals surface area (Å²) in [6.07, 6.45) is 5.77. The average molecular weight is 823 g/mol. The minimum absolute atomic E-state index is 0. The van der Waals surface area contributed by atoms with E-state index in [0.717, 1.165) is 39.1 Å². The van der Waals surface area contributed by atoms with E-state index in [4.69, 9.17) is 4.98 Å². The van der Waals surface area contributed by atoms with Crippen molar-refractivity contribution in [2.45, 2.75) is 84.0 Å². The van der Waals surface area contributed by atoms with Crippen LogP contribution < -0.4 is 0 Å². The van der Waals surface area contributed by atoms with Gasteiger partial charge in [0.15, 0.2) is 0 Å². The third-order valence-electron chi connectivity index (χ3n) is 11.6. The minimum Gasteiger partial charge on any atom is -0.358 e. The molecule has 3 heterocycles. The van der Waals surface area contributed by atoms with Gasteiger partial charge in [-0.1, -0.05) is 128 Å². The van der Waals surface area contributed by atoms with Gasteiger partial charge in [0.25, 0.3) is 0 Å². The molecule has 0 amide bonds. The van der Waals surface area contributed by atoms with E-state index >= 15 is 0 Å². The van der Waals surface area contributed by atoms with Crippen molar-refractivity contribution in [2.75, 3.05) is 0 Å². The molecule has 0 N–H and O–H groups in total. The molecule has 0 fully saturated rings. The normalized spacial score (nSPS) is 13.8. The third-order valence-corrected chi connectivity index (χ3v) is 11.6. The molecule has 0 saturated heterocycles. The summed E-state index contributed by atoms with van der Waals surface area (Å²) in [7, 11) is 0. The van der Waals surface area contributed by atoms with Crippen LogP contribution in [0.4, 0.5) is 0 Å². The summed E-state index contributed by atoms with van der Waals surface area (Å²) >= 11 is 0. The first-order valence-corrected chi connectivity index (χ1v) is 19.4. The number of hydrogen-bond acceptors (Lipinski definition) is 2. The molecular formula is C51H48N4Pd. The van der Waals surface area contributed by atoms with E-state index in [1.807, 2.05) is 23.1 Å². The van der Waals surface area contributed by atoms with Crippen molar-refractivity contribution in [3.8, 4) is 22.5 Å². The summed E-state index contributed by atoms with van der Waals surface area (Å²) in [5.41, 5.74) is 14.1. The molecule has 0 radical (unpaired) electrons. The van der Waals surface area contributed by atoms with Gasteiger partial charge in [-0.2, -0.15) is 29.4 Å². The number of benzene rings is 5. The summed E-state index contributed by atoms with van der Waals surface area (Å²) in [6.45, 7) is 20.7. The number of para-hydroxylation sites is 1. The number of fused-ring (bicyclic) bond motifs is 6. The molecule has 9 rings (SSSR count). The molecule has 0 spiro atoms. The molecule has 0 saturated carbocycles. The third kappa shape index (κ3) is 5.91. The molecule has 0 aliphatic heterocycles. The van der Waals surface area contributed by atoms with Crippen LogP contribution in [0, 0.1) is 12.1 Å². The second kappa shape index (κ2) is 13.3. The SMILES string of the molecule is CC(C)(C)c1ccnc(C2(c3[c-]c(-n4c5[c-]c(-n6cccn6)ccc5c5ccccc54)ccc3)c3ccc(C(C)(C)C)cc3-c3cc(C(C)(C)C)ccc32)c1.[Pd+2]. The van der Waals surface area contributed by atoms with Crippen LogP contribution in [-0.2, 0) is 42.1 Å². The number of nitrogens with zero attached hydrogens (tertiary/aromatic N) is 4. The molecule has 1 aliphatic rings. The maximum absolute atomic E-state index is 5.31. The van der Waals surface area contributed by atoms with Gasteiger partial charge in [0.05, 0.1) is 11.1 Å². The van der Waals surface area contributed by atoms with Gasteiger partial charge in [-0.3, -0.25) is 9.67 Å². The van der Waals surface area contributed by atoms with Gasteiger partial charge >= 0.3 is 20.4 Å². The Morgan fingerprint density at radius 2 is 1.20 bits per heavy atom. The molecule has 56 heavy (non-hydrogen) atoms. The fourth-order valence-corrected chi connectivity index (χ4v) is 8.56.